The van der Waals surface area contributed by atoms with E-state index < -0.39 is 11.9 Å². The Morgan fingerprint density at radius 2 is 1.71 bits per heavy atom. The second-order valence-electron chi connectivity index (χ2n) is 4.23. The average Bonchev–Trinajstić information content (AvgIpc) is 2.51. The number of aldehydes is 1. The lowest BCUT2D eigenvalue weighted by molar-refractivity contribution is -0.149. The van der Waals surface area contributed by atoms with Gasteiger partial charge in [0.15, 0.2) is 11.5 Å². The van der Waals surface area contributed by atoms with E-state index in [1.807, 2.05) is 0 Å². The van der Waals surface area contributed by atoms with Gasteiger partial charge in [-0.15, -0.1) is 0 Å². The second-order valence-corrected chi connectivity index (χ2v) is 4.23. The van der Waals surface area contributed by atoms with Crippen molar-refractivity contribution in [3.63, 3.8) is 0 Å². The molecule has 0 aliphatic rings. The van der Waals surface area contributed by atoms with Crippen LogP contribution in [-0.2, 0) is 20.7 Å². The molecule has 0 aliphatic heterocycles. The molecule has 0 saturated heterocycles. The van der Waals surface area contributed by atoms with E-state index in [-0.39, 0.29) is 13.0 Å². The van der Waals surface area contributed by atoms with Crippen LogP contribution in [0.1, 0.15) is 12.5 Å². The Labute approximate surface area is 123 Å². The van der Waals surface area contributed by atoms with Gasteiger partial charge in [-0.3, -0.25) is 4.79 Å². The van der Waals surface area contributed by atoms with Crippen molar-refractivity contribution in [1.82, 2.24) is 0 Å². The lowest BCUT2D eigenvalue weighted by atomic mass is 10.00. The van der Waals surface area contributed by atoms with Crippen LogP contribution in [-0.4, -0.2) is 40.2 Å². The standard InChI is InChI=1S/C15H20O6/c1-5-21-15(17)11(9-16)6-10-7-12(18-2)14(20-4)13(8-10)19-3/h7-9,11H,5-6H2,1-4H3. The summed E-state index contributed by atoms with van der Waals surface area (Å²) < 4.78 is 20.6. The van der Waals surface area contributed by atoms with Crippen LogP contribution in [0.25, 0.3) is 0 Å². The van der Waals surface area contributed by atoms with Gasteiger partial charge in [0.05, 0.1) is 27.9 Å². The van der Waals surface area contributed by atoms with Gasteiger partial charge in [-0.05, 0) is 31.0 Å². The van der Waals surface area contributed by atoms with Crippen molar-refractivity contribution < 1.29 is 28.5 Å². The molecule has 1 aromatic carbocycles. The van der Waals surface area contributed by atoms with Crippen molar-refractivity contribution in [1.29, 1.82) is 0 Å². The smallest absolute Gasteiger partial charge is 0.316 e. The summed E-state index contributed by atoms with van der Waals surface area (Å²) in [7, 11) is 4.51. The first-order valence-corrected chi connectivity index (χ1v) is 6.52. The number of carbonyl (C=O) groups is 2. The summed E-state index contributed by atoms with van der Waals surface area (Å²) in [5.41, 5.74) is 0.717. The van der Waals surface area contributed by atoms with Crippen molar-refractivity contribution in [2.45, 2.75) is 13.3 Å². The van der Waals surface area contributed by atoms with Crippen LogP contribution in [0.3, 0.4) is 0 Å². The van der Waals surface area contributed by atoms with E-state index in [2.05, 4.69) is 0 Å². The maximum absolute atomic E-state index is 11.7. The predicted octanol–water partition coefficient (Wildman–Crippen LogP) is 1.63. The van der Waals surface area contributed by atoms with Gasteiger partial charge in [-0.1, -0.05) is 0 Å². The molecule has 0 spiro atoms. The van der Waals surface area contributed by atoms with Gasteiger partial charge in [0.2, 0.25) is 5.75 Å². The van der Waals surface area contributed by atoms with Gasteiger partial charge in [0.1, 0.15) is 12.2 Å². The number of hydrogen-bond acceptors (Lipinski definition) is 6. The monoisotopic (exact) mass is 296 g/mol. The van der Waals surface area contributed by atoms with Gasteiger partial charge in [0, 0.05) is 0 Å². The highest BCUT2D eigenvalue weighted by atomic mass is 16.5. The van der Waals surface area contributed by atoms with Crippen molar-refractivity contribution in [2.24, 2.45) is 5.92 Å². The first-order chi connectivity index (χ1) is 10.1. The molecular formula is C15H20O6. The van der Waals surface area contributed by atoms with Crippen LogP contribution in [0, 0.1) is 5.92 Å². The number of esters is 1. The fourth-order valence-corrected chi connectivity index (χ4v) is 1.94. The van der Waals surface area contributed by atoms with Gasteiger partial charge in [-0.25, -0.2) is 0 Å². The largest absolute Gasteiger partial charge is 0.493 e. The first-order valence-electron chi connectivity index (χ1n) is 6.52. The third kappa shape index (κ3) is 4.11. The molecule has 1 atom stereocenters. The Morgan fingerprint density at radius 1 is 1.14 bits per heavy atom. The second kappa shape index (κ2) is 8.14. The topological polar surface area (TPSA) is 71.1 Å². The number of rotatable bonds is 8. The zero-order chi connectivity index (χ0) is 15.8. The van der Waals surface area contributed by atoms with Crippen molar-refractivity contribution >= 4 is 12.3 Å². The Hall–Kier alpha value is -2.24. The van der Waals surface area contributed by atoms with Crippen LogP contribution in [0.4, 0.5) is 0 Å². The van der Waals surface area contributed by atoms with E-state index >= 15 is 0 Å². The fraction of sp³-hybridized carbons (Fsp3) is 0.467. The summed E-state index contributed by atoms with van der Waals surface area (Å²) in [4.78, 5) is 22.7. The molecule has 1 aromatic rings. The Balaban J connectivity index is 3.07. The molecule has 6 nitrogen and oxygen atoms in total. The number of carbonyl (C=O) groups excluding carboxylic acids is 2. The molecule has 1 rings (SSSR count). The molecule has 6 heteroatoms. The molecule has 0 N–H and O–H groups in total. The minimum Gasteiger partial charge on any atom is -0.493 e. The zero-order valence-electron chi connectivity index (χ0n) is 12.7. The number of methoxy groups -OCH3 is 3. The summed E-state index contributed by atoms with van der Waals surface area (Å²) in [5, 5.41) is 0. The summed E-state index contributed by atoms with van der Waals surface area (Å²) in [6.07, 6.45) is 0.792. The molecule has 1 unspecified atom stereocenters. The minimum atomic E-state index is -0.854. The predicted molar refractivity (Wildman–Crippen MR) is 76.0 cm³/mol. The molecule has 0 radical (unpaired) electrons. The number of benzene rings is 1. The van der Waals surface area contributed by atoms with Gasteiger partial charge >= 0.3 is 5.97 Å². The highest BCUT2D eigenvalue weighted by molar-refractivity contribution is 5.88. The Morgan fingerprint density at radius 3 is 2.10 bits per heavy atom. The highest BCUT2D eigenvalue weighted by Gasteiger charge is 2.21. The first kappa shape index (κ1) is 16.8. The summed E-state index contributed by atoms with van der Waals surface area (Å²) in [5.74, 6) is 0.0114. The molecule has 0 fully saturated rings. The van der Waals surface area contributed by atoms with Crippen molar-refractivity contribution in [2.75, 3.05) is 27.9 Å². The molecular weight excluding hydrogens is 276 g/mol. The van der Waals surface area contributed by atoms with Crippen LogP contribution >= 0.6 is 0 Å². The molecule has 0 aliphatic carbocycles. The average molecular weight is 296 g/mol. The van der Waals surface area contributed by atoms with Crippen molar-refractivity contribution in [3.8, 4) is 17.2 Å². The van der Waals surface area contributed by atoms with Crippen LogP contribution in [0.5, 0.6) is 17.2 Å². The summed E-state index contributed by atoms with van der Waals surface area (Å²) in [6.45, 7) is 1.93. The van der Waals surface area contributed by atoms with Gasteiger partial charge in [-0.2, -0.15) is 0 Å². The Bertz CT molecular complexity index is 472. The molecule has 0 saturated carbocycles. The van der Waals surface area contributed by atoms with E-state index in [0.29, 0.717) is 23.5 Å². The fourth-order valence-electron chi connectivity index (χ4n) is 1.94. The van der Waals surface area contributed by atoms with E-state index in [1.54, 1.807) is 19.1 Å². The molecule has 0 aromatic heterocycles. The molecule has 0 heterocycles. The lowest BCUT2D eigenvalue weighted by Crippen LogP contribution is -2.21. The highest BCUT2D eigenvalue weighted by Crippen LogP contribution is 2.38. The summed E-state index contributed by atoms with van der Waals surface area (Å²) >= 11 is 0. The molecule has 116 valence electrons. The normalized spacial score (nSPS) is 11.4. The van der Waals surface area contributed by atoms with E-state index in [9.17, 15) is 9.59 Å². The van der Waals surface area contributed by atoms with E-state index in [4.69, 9.17) is 18.9 Å². The molecule has 21 heavy (non-hydrogen) atoms. The SMILES string of the molecule is CCOC(=O)C(C=O)Cc1cc(OC)c(OC)c(OC)c1. The van der Waals surface area contributed by atoms with Gasteiger partial charge < -0.3 is 23.7 Å². The molecule has 0 amide bonds. The third-order valence-corrected chi connectivity index (χ3v) is 2.93. The van der Waals surface area contributed by atoms with E-state index in [0.717, 1.165) is 5.56 Å². The quantitative estimate of drug-likeness (QED) is 0.412. The van der Waals surface area contributed by atoms with Crippen LogP contribution in [0.2, 0.25) is 0 Å². The number of ether oxygens (including phenoxy) is 4. The zero-order valence-corrected chi connectivity index (χ0v) is 12.7. The van der Waals surface area contributed by atoms with Crippen molar-refractivity contribution in [3.05, 3.63) is 17.7 Å². The minimum absolute atomic E-state index is 0.207. The van der Waals surface area contributed by atoms with Crippen LogP contribution < -0.4 is 14.2 Å². The maximum Gasteiger partial charge on any atom is 0.316 e. The van der Waals surface area contributed by atoms with Gasteiger partial charge in [0.25, 0.3) is 0 Å². The third-order valence-electron chi connectivity index (χ3n) is 2.93. The van der Waals surface area contributed by atoms with E-state index in [1.165, 1.54) is 21.3 Å². The van der Waals surface area contributed by atoms with Crippen LogP contribution in [0.15, 0.2) is 12.1 Å². The number of hydrogen-bond donors (Lipinski definition) is 0. The summed E-state index contributed by atoms with van der Waals surface area (Å²) in [6, 6.07) is 3.41. The Kier molecular flexibility index (Phi) is 6.52. The molecule has 0 bridgehead atoms. The maximum atomic E-state index is 11.7. The lowest BCUT2D eigenvalue weighted by Gasteiger charge is -2.15.